The molecule has 0 bridgehead atoms. The van der Waals surface area contributed by atoms with Crippen molar-refractivity contribution in [1.82, 2.24) is 4.90 Å². The van der Waals surface area contributed by atoms with Gasteiger partial charge in [0, 0.05) is 19.5 Å². The van der Waals surface area contributed by atoms with E-state index in [9.17, 15) is 4.79 Å². The van der Waals surface area contributed by atoms with Crippen molar-refractivity contribution >= 4 is 5.91 Å². The maximum absolute atomic E-state index is 12.0. The number of rotatable bonds is 5. The second-order valence-corrected chi connectivity index (χ2v) is 6.62. The lowest BCUT2D eigenvalue weighted by Crippen LogP contribution is -2.41. The molecule has 0 spiro atoms. The van der Waals surface area contributed by atoms with Crippen molar-refractivity contribution in [2.75, 3.05) is 19.6 Å². The average molecular weight is 254 g/mol. The Morgan fingerprint density at radius 2 is 1.78 bits per heavy atom. The van der Waals surface area contributed by atoms with Crippen LogP contribution in [0.2, 0.25) is 0 Å². The summed E-state index contributed by atoms with van der Waals surface area (Å²) < 4.78 is 0. The van der Waals surface area contributed by atoms with Gasteiger partial charge in [0.25, 0.3) is 0 Å². The second-order valence-electron chi connectivity index (χ2n) is 6.62. The number of nitrogens with two attached hydrogens (primary N) is 1. The van der Waals surface area contributed by atoms with Crippen molar-refractivity contribution in [3.8, 4) is 0 Å². The molecule has 0 aliphatic carbocycles. The fraction of sp³-hybridized carbons (Fsp3) is 0.933. The van der Waals surface area contributed by atoms with E-state index >= 15 is 0 Å². The van der Waals surface area contributed by atoms with Crippen LogP contribution in [0.5, 0.6) is 0 Å². The van der Waals surface area contributed by atoms with Crippen LogP contribution in [0.15, 0.2) is 0 Å². The largest absolute Gasteiger partial charge is 0.343 e. The highest BCUT2D eigenvalue weighted by atomic mass is 16.2. The number of hydrogen-bond acceptors (Lipinski definition) is 2. The van der Waals surface area contributed by atoms with Crippen LogP contribution in [-0.2, 0) is 4.79 Å². The Morgan fingerprint density at radius 3 is 2.28 bits per heavy atom. The third kappa shape index (κ3) is 4.97. The van der Waals surface area contributed by atoms with Crippen LogP contribution < -0.4 is 5.73 Å². The number of carbonyl (C=O) groups is 1. The summed E-state index contributed by atoms with van der Waals surface area (Å²) in [6.45, 7) is 9.58. The van der Waals surface area contributed by atoms with Crippen LogP contribution in [0, 0.1) is 11.3 Å². The molecule has 1 rings (SSSR count). The van der Waals surface area contributed by atoms with E-state index in [1.165, 1.54) is 0 Å². The SMILES string of the molecule is CC(C)(C)C1CCN(C(=O)CCCCCN)CC1. The van der Waals surface area contributed by atoms with Crippen molar-refractivity contribution in [3.63, 3.8) is 0 Å². The molecule has 0 aromatic rings. The summed E-state index contributed by atoms with van der Waals surface area (Å²) in [6.07, 6.45) is 6.16. The van der Waals surface area contributed by atoms with Crippen molar-refractivity contribution in [2.24, 2.45) is 17.1 Å². The van der Waals surface area contributed by atoms with E-state index in [1.807, 2.05) is 0 Å². The molecule has 0 aromatic carbocycles. The number of carbonyl (C=O) groups excluding carboxylic acids is 1. The van der Waals surface area contributed by atoms with Crippen molar-refractivity contribution in [1.29, 1.82) is 0 Å². The van der Waals surface area contributed by atoms with E-state index in [0.717, 1.165) is 57.7 Å². The Morgan fingerprint density at radius 1 is 1.17 bits per heavy atom. The van der Waals surface area contributed by atoms with Crippen molar-refractivity contribution < 1.29 is 4.79 Å². The normalized spacial score (nSPS) is 18.1. The Hall–Kier alpha value is -0.570. The number of piperidine rings is 1. The van der Waals surface area contributed by atoms with Gasteiger partial charge in [0.2, 0.25) is 5.91 Å². The number of likely N-dealkylation sites (tertiary alicyclic amines) is 1. The molecule has 1 heterocycles. The second kappa shape index (κ2) is 7.13. The zero-order chi connectivity index (χ0) is 13.6. The number of amides is 1. The predicted octanol–water partition coefficient (Wildman–Crippen LogP) is 2.79. The van der Waals surface area contributed by atoms with Gasteiger partial charge in [-0.1, -0.05) is 27.2 Å². The molecule has 0 radical (unpaired) electrons. The molecular formula is C15H30N2O. The van der Waals surface area contributed by atoms with E-state index in [-0.39, 0.29) is 0 Å². The van der Waals surface area contributed by atoms with Crippen LogP contribution in [0.25, 0.3) is 0 Å². The molecule has 0 saturated carbocycles. The summed E-state index contributed by atoms with van der Waals surface area (Å²) >= 11 is 0. The summed E-state index contributed by atoms with van der Waals surface area (Å²) in [6, 6.07) is 0. The number of hydrogen-bond donors (Lipinski definition) is 1. The molecule has 0 aromatic heterocycles. The lowest BCUT2D eigenvalue weighted by atomic mass is 9.75. The maximum Gasteiger partial charge on any atom is 0.222 e. The van der Waals surface area contributed by atoms with E-state index in [2.05, 4.69) is 25.7 Å². The first kappa shape index (κ1) is 15.5. The molecule has 1 aliphatic rings. The first-order valence-electron chi connectivity index (χ1n) is 7.43. The summed E-state index contributed by atoms with van der Waals surface area (Å²) in [5, 5.41) is 0. The molecule has 106 valence electrons. The van der Waals surface area contributed by atoms with E-state index in [1.54, 1.807) is 0 Å². The molecule has 2 N–H and O–H groups in total. The molecular weight excluding hydrogens is 224 g/mol. The Balaban J connectivity index is 2.23. The average Bonchev–Trinajstić information content (AvgIpc) is 2.33. The number of nitrogens with zero attached hydrogens (tertiary/aromatic N) is 1. The molecule has 3 nitrogen and oxygen atoms in total. The third-order valence-corrected chi connectivity index (χ3v) is 4.17. The molecule has 1 amide bonds. The Bertz CT molecular complexity index is 250. The van der Waals surface area contributed by atoms with Gasteiger partial charge >= 0.3 is 0 Å². The Kier molecular flexibility index (Phi) is 6.13. The minimum atomic E-state index is 0.347. The van der Waals surface area contributed by atoms with Gasteiger partial charge in [-0.2, -0.15) is 0 Å². The lowest BCUT2D eigenvalue weighted by Gasteiger charge is -2.38. The summed E-state index contributed by atoms with van der Waals surface area (Å²) in [4.78, 5) is 14.1. The van der Waals surface area contributed by atoms with E-state index in [0.29, 0.717) is 17.7 Å². The van der Waals surface area contributed by atoms with Crippen molar-refractivity contribution in [3.05, 3.63) is 0 Å². The summed E-state index contributed by atoms with van der Waals surface area (Å²) in [5.74, 6) is 1.11. The Labute approximate surface area is 112 Å². The van der Waals surface area contributed by atoms with Gasteiger partial charge in [-0.3, -0.25) is 4.79 Å². The highest BCUT2D eigenvalue weighted by Crippen LogP contribution is 2.34. The van der Waals surface area contributed by atoms with Crippen LogP contribution in [-0.4, -0.2) is 30.4 Å². The standard InChI is InChI=1S/C15H30N2O/c1-15(2,3)13-8-11-17(12-9-13)14(18)7-5-4-6-10-16/h13H,4-12,16H2,1-3H3. The monoisotopic (exact) mass is 254 g/mol. The fourth-order valence-electron chi connectivity index (χ4n) is 2.75. The molecule has 1 fully saturated rings. The van der Waals surface area contributed by atoms with Crippen LogP contribution in [0.4, 0.5) is 0 Å². The van der Waals surface area contributed by atoms with Gasteiger partial charge in [0.15, 0.2) is 0 Å². The maximum atomic E-state index is 12.0. The highest BCUT2D eigenvalue weighted by Gasteiger charge is 2.29. The minimum absolute atomic E-state index is 0.347. The number of unbranched alkanes of at least 4 members (excludes halogenated alkanes) is 2. The minimum Gasteiger partial charge on any atom is -0.343 e. The first-order chi connectivity index (χ1) is 8.45. The van der Waals surface area contributed by atoms with Gasteiger partial charge in [-0.05, 0) is 43.6 Å². The van der Waals surface area contributed by atoms with Crippen LogP contribution in [0.3, 0.4) is 0 Å². The molecule has 0 unspecified atom stereocenters. The molecule has 18 heavy (non-hydrogen) atoms. The molecule has 3 heteroatoms. The lowest BCUT2D eigenvalue weighted by molar-refractivity contribution is -0.133. The van der Waals surface area contributed by atoms with E-state index < -0.39 is 0 Å². The molecule has 1 aliphatic heterocycles. The summed E-state index contributed by atoms with van der Waals surface area (Å²) in [5.41, 5.74) is 5.83. The smallest absolute Gasteiger partial charge is 0.222 e. The molecule has 1 saturated heterocycles. The summed E-state index contributed by atoms with van der Waals surface area (Å²) in [7, 11) is 0. The predicted molar refractivity (Wildman–Crippen MR) is 76.3 cm³/mol. The topological polar surface area (TPSA) is 46.3 Å². The van der Waals surface area contributed by atoms with Gasteiger partial charge < -0.3 is 10.6 Å². The van der Waals surface area contributed by atoms with Gasteiger partial charge in [0.05, 0.1) is 0 Å². The van der Waals surface area contributed by atoms with Crippen molar-refractivity contribution in [2.45, 2.75) is 59.3 Å². The third-order valence-electron chi connectivity index (χ3n) is 4.17. The van der Waals surface area contributed by atoms with Gasteiger partial charge in [-0.25, -0.2) is 0 Å². The zero-order valence-corrected chi connectivity index (χ0v) is 12.4. The van der Waals surface area contributed by atoms with Gasteiger partial charge in [-0.15, -0.1) is 0 Å². The first-order valence-corrected chi connectivity index (χ1v) is 7.43. The fourth-order valence-corrected chi connectivity index (χ4v) is 2.75. The highest BCUT2D eigenvalue weighted by molar-refractivity contribution is 5.76. The quantitative estimate of drug-likeness (QED) is 0.767. The zero-order valence-electron chi connectivity index (χ0n) is 12.4. The van der Waals surface area contributed by atoms with Crippen LogP contribution >= 0.6 is 0 Å². The van der Waals surface area contributed by atoms with Gasteiger partial charge in [0.1, 0.15) is 0 Å². The van der Waals surface area contributed by atoms with Crippen LogP contribution in [0.1, 0.15) is 59.3 Å². The molecule has 0 atom stereocenters. The van der Waals surface area contributed by atoms with E-state index in [4.69, 9.17) is 5.73 Å².